The average Bonchev–Trinajstić information content (AvgIpc) is 3.46. The van der Waals surface area contributed by atoms with Gasteiger partial charge in [0.1, 0.15) is 5.65 Å². The maximum absolute atomic E-state index is 13.3. The molecule has 0 unspecified atom stereocenters. The molecule has 0 atom stereocenters. The van der Waals surface area contributed by atoms with Crippen LogP contribution >= 0.6 is 15.9 Å². The second kappa shape index (κ2) is 5.69. The standard InChI is InChI=1S/C22H20BrN5O/c1-27-15-11-24-20-17(18(15)22(21(27)29)7-3-4-8-22)16(19(23)26-20)12-5-6-14-13(9-12)10-25-28(14)2/h5-6,9-11H,3-4,7-8H2,1-2H3,(H,24,26). The Morgan fingerprint density at radius 3 is 2.76 bits per heavy atom. The number of hydrogen-bond acceptors (Lipinski definition) is 3. The first kappa shape index (κ1) is 17.2. The molecule has 6 rings (SSSR count). The summed E-state index contributed by atoms with van der Waals surface area (Å²) in [5, 5.41) is 6.53. The van der Waals surface area contributed by atoms with Crippen LogP contribution in [0.2, 0.25) is 0 Å². The van der Waals surface area contributed by atoms with Gasteiger partial charge in [-0.2, -0.15) is 5.10 Å². The van der Waals surface area contributed by atoms with E-state index in [1.807, 2.05) is 36.1 Å². The van der Waals surface area contributed by atoms with Crippen molar-refractivity contribution in [2.24, 2.45) is 7.05 Å². The molecule has 1 N–H and O–H groups in total. The minimum atomic E-state index is -0.417. The van der Waals surface area contributed by atoms with Crippen LogP contribution in [0.3, 0.4) is 0 Å². The van der Waals surface area contributed by atoms with Crippen LogP contribution < -0.4 is 4.90 Å². The number of aromatic nitrogens is 4. The minimum Gasteiger partial charge on any atom is -0.333 e. The molecule has 1 spiro atoms. The van der Waals surface area contributed by atoms with E-state index in [9.17, 15) is 4.79 Å². The SMILES string of the molecule is CN1C(=O)C2(CCCC2)c2c1cnc1[nH]c(Br)c(-c3ccc4c(cnn4C)c3)c21. The lowest BCUT2D eigenvalue weighted by molar-refractivity contribution is -0.122. The van der Waals surface area contributed by atoms with Crippen molar-refractivity contribution in [2.75, 3.05) is 11.9 Å². The quantitative estimate of drug-likeness (QED) is 0.459. The number of anilines is 1. The highest BCUT2D eigenvalue weighted by molar-refractivity contribution is 9.10. The number of aromatic amines is 1. The molecule has 4 aromatic rings. The molecule has 7 heteroatoms. The third-order valence-corrected chi connectivity index (χ3v) is 7.40. The summed E-state index contributed by atoms with van der Waals surface area (Å²) in [7, 11) is 3.83. The van der Waals surface area contributed by atoms with Gasteiger partial charge in [0.15, 0.2) is 0 Å². The van der Waals surface area contributed by atoms with E-state index >= 15 is 0 Å². The van der Waals surface area contributed by atoms with Crippen molar-refractivity contribution in [3.63, 3.8) is 0 Å². The van der Waals surface area contributed by atoms with Gasteiger partial charge in [-0.25, -0.2) is 4.98 Å². The van der Waals surface area contributed by atoms with Gasteiger partial charge in [0.25, 0.3) is 0 Å². The molecule has 1 aliphatic heterocycles. The lowest BCUT2D eigenvalue weighted by atomic mass is 9.78. The fourth-order valence-corrected chi connectivity index (χ4v) is 6.04. The molecule has 3 aromatic heterocycles. The Morgan fingerprint density at radius 1 is 1.17 bits per heavy atom. The molecule has 0 radical (unpaired) electrons. The monoisotopic (exact) mass is 449 g/mol. The first-order valence-corrected chi connectivity index (χ1v) is 10.7. The Bertz CT molecular complexity index is 1330. The van der Waals surface area contributed by atoms with E-state index in [0.29, 0.717) is 0 Å². The number of pyridine rings is 1. The zero-order chi connectivity index (χ0) is 19.9. The summed E-state index contributed by atoms with van der Waals surface area (Å²) >= 11 is 3.74. The first-order chi connectivity index (χ1) is 14.0. The van der Waals surface area contributed by atoms with Crippen molar-refractivity contribution in [2.45, 2.75) is 31.1 Å². The fourth-order valence-electron chi connectivity index (χ4n) is 5.42. The van der Waals surface area contributed by atoms with Gasteiger partial charge in [-0.05, 0) is 46.5 Å². The molecule has 1 aliphatic carbocycles. The maximum atomic E-state index is 13.3. The van der Waals surface area contributed by atoms with Gasteiger partial charge in [0.05, 0.1) is 33.6 Å². The van der Waals surface area contributed by atoms with Crippen molar-refractivity contribution in [1.82, 2.24) is 19.7 Å². The predicted octanol–water partition coefficient (Wildman–Crippen LogP) is 4.67. The molecule has 6 nitrogen and oxygen atoms in total. The van der Waals surface area contributed by atoms with Crippen molar-refractivity contribution >= 4 is 49.5 Å². The zero-order valence-electron chi connectivity index (χ0n) is 16.3. The highest BCUT2D eigenvalue weighted by Gasteiger charge is 2.52. The summed E-state index contributed by atoms with van der Waals surface area (Å²) in [6.45, 7) is 0. The van der Waals surface area contributed by atoms with Crippen molar-refractivity contribution < 1.29 is 4.79 Å². The van der Waals surface area contributed by atoms with Crippen LogP contribution in [0.25, 0.3) is 33.1 Å². The number of aryl methyl sites for hydroxylation is 1. The topological polar surface area (TPSA) is 66.8 Å². The molecular formula is C22H20BrN5O. The highest BCUT2D eigenvalue weighted by Crippen LogP contribution is 2.55. The number of rotatable bonds is 1. The van der Waals surface area contributed by atoms with E-state index in [1.54, 1.807) is 0 Å². The number of halogens is 1. The molecule has 1 saturated carbocycles. The fraction of sp³-hybridized carbons (Fsp3) is 0.318. The van der Waals surface area contributed by atoms with E-state index < -0.39 is 5.41 Å². The first-order valence-electron chi connectivity index (χ1n) is 9.92. The summed E-state index contributed by atoms with van der Waals surface area (Å²) in [6.07, 6.45) is 7.73. The number of H-pyrrole nitrogens is 1. The molecule has 2 aliphatic rings. The van der Waals surface area contributed by atoms with Gasteiger partial charge in [0.2, 0.25) is 5.91 Å². The number of benzene rings is 1. The number of amides is 1. The number of nitrogens with zero attached hydrogens (tertiary/aromatic N) is 4. The summed E-state index contributed by atoms with van der Waals surface area (Å²) in [6, 6.07) is 6.39. The van der Waals surface area contributed by atoms with E-state index in [-0.39, 0.29) is 5.91 Å². The van der Waals surface area contributed by atoms with Crippen LogP contribution in [-0.4, -0.2) is 32.7 Å². The van der Waals surface area contributed by atoms with E-state index in [4.69, 9.17) is 0 Å². The van der Waals surface area contributed by atoms with E-state index in [2.05, 4.69) is 49.2 Å². The van der Waals surface area contributed by atoms with Crippen molar-refractivity contribution in [1.29, 1.82) is 0 Å². The summed E-state index contributed by atoms with van der Waals surface area (Å²) in [5.74, 6) is 0.213. The second-order valence-electron chi connectivity index (χ2n) is 8.25. The number of carbonyl (C=O) groups excluding carboxylic acids is 1. The number of hydrogen-bond donors (Lipinski definition) is 1. The summed E-state index contributed by atoms with van der Waals surface area (Å²) in [5.41, 5.74) is 5.76. The summed E-state index contributed by atoms with van der Waals surface area (Å²) in [4.78, 5) is 23.2. The van der Waals surface area contributed by atoms with Gasteiger partial charge in [-0.1, -0.05) is 18.9 Å². The van der Waals surface area contributed by atoms with Crippen LogP contribution in [0, 0.1) is 0 Å². The van der Waals surface area contributed by atoms with Gasteiger partial charge >= 0.3 is 0 Å². The highest BCUT2D eigenvalue weighted by atomic mass is 79.9. The lowest BCUT2D eigenvalue weighted by Gasteiger charge is -2.22. The summed E-state index contributed by atoms with van der Waals surface area (Å²) < 4.78 is 2.77. The second-order valence-corrected chi connectivity index (χ2v) is 9.04. The average molecular weight is 450 g/mol. The number of carbonyl (C=O) groups is 1. The van der Waals surface area contributed by atoms with Crippen LogP contribution in [0.4, 0.5) is 5.69 Å². The largest absolute Gasteiger partial charge is 0.333 e. The minimum absolute atomic E-state index is 0.213. The van der Waals surface area contributed by atoms with Gasteiger partial charge in [-0.15, -0.1) is 0 Å². The van der Waals surface area contributed by atoms with Crippen LogP contribution in [0.1, 0.15) is 31.2 Å². The maximum Gasteiger partial charge on any atom is 0.237 e. The Morgan fingerprint density at radius 2 is 1.97 bits per heavy atom. The van der Waals surface area contributed by atoms with Crippen LogP contribution in [-0.2, 0) is 17.3 Å². The smallest absolute Gasteiger partial charge is 0.237 e. The zero-order valence-corrected chi connectivity index (χ0v) is 17.9. The molecule has 4 heterocycles. The van der Waals surface area contributed by atoms with Crippen molar-refractivity contribution in [3.8, 4) is 11.1 Å². The third kappa shape index (κ3) is 2.08. The molecule has 1 fully saturated rings. The molecule has 29 heavy (non-hydrogen) atoms. The van der Waals surface area contributed by atoms with E-state index in [1.165, 1.54) is 0 Å². The number of likely N-dealkylation sites (N-methyl/N-ethyl adjacent to an activating group) is 1. The number of fused-ring (bicyclic) bond motifs is 5. The Labute approximate surface area is 176 Å². The van der Waals surface area contributed by atoms with E-state index in [0.717, 1.165) is 74.6 Å². The van der Waals surface area contributed by atoms with Gasteiger partial charge in [-0.3, -0.25) is 9.48 Å². The Hall–Kier alpha value is -2.67. The normalized spacial score (nSPS) is 17.9. The number of nitrogens with one attached hydrogen (secondary N) is 1. The molecule has 0 saturated heterocycles. The molecule has 1 amide bonds. The molecular weight excluding hydrogens is 430 g/mol. The Kier molecular flexibility index (Phi) is 3.38. The van der Waals surface area contributed by atoms with Gasteiger partial charge < -0.3 is 9.88 Å². The molecule has 146 valence electrons. The van der Waals surface area contributed by atoms with Crippen molar-refractivity contribution in [3.05, 3.63) is 40.8 Å². The van der Waals surface area contributed by atoms with Gasteiger partial charge in [0, 0.05) is 36.0 Å². The van der Waals surface area contributed by atoms with Crippen LogP contribution in [0.15, 0.2) is 35.2 Å². The predicted molar refractivity (Wildman–Crippen MR) is 117 cm³/mol. The Balaban J connectivity index is 1.70. The third-order valence-electron chi connectivity index (χ3n) is 6.80. The molecule has 0 bridgehead atoms. The lowest BCUT2D eigenvalue weighted by Crippen LogP contribution is -2.36. The van der Waals surface area contributed by atoms with Crippen LogP contribution in [0.5, 0.6) is 0 Å². The molecule has 1 aromatic carbocycles.